The molecule has 0 saturated heterocycles. The summed E-state index contributed by atoms with van der Waals surface area (Å²) in [5, 5.41) is 21.7. The monoisotopic (exact) mass is 539 g/mol. The fourth-order valence-corrected chi connectivity index (χ4v) is 5.36. The van der Waals surface area contributed by atoms with E-state index in [9.17, 15) is 10.5 Å². The molecular formula is C37H25N5. The lowest BCUT2D eigenvalue weighted by atomic mass is 9.93. The van der Waals surface area contributed by atoms with Crippen LogP contribution in [0, 0.1) is 22.7 Å². The number of allylic oxidation sites excluding steroid dienone is 3. The van der Waals surface area contributed by atoms with Gasteiger partial charge in [-0.1, -0.05) is 30.3 Å². The Kier molecular flexibility index (Phi) is 6.99. The molecule has 0 aliphatic carbocycles. The molecule has 0 amide bonds. The van der Waals surface area contributed by atoms with Gasteiger partial charge in [0.1, 0.15) is 0 Å². The average molecular weight is 540 g/mol. The van der Waals surface area contributed by atoms with E-state index in [2.05, 4.69) is 76.7 Å². The minimum absolute atomic E-state index is 0.558. The number of hydrogen-bond acceptors (Lipinski definition) is 4. The molecule has 5 nitrogen and oxygen atoms in total. The molecule has 4 aromatic carbocycles. The summed E-state index contributed by atoms with van der Waals surface area (Å²) in [7, 11) is 0. The molecule has 0 aliphatic heterocycles. The van der Waals surface area contributed by atoms with E-state index < -0.39 is 0 Å². The van der Waals surface area contributed by atoms with Crippen LogP contribution in [0.4, 0.5) is 0 Å². The summed E-state index contributed by atoms with van der Waals surface area (Å²) < 4.78 is 2.17. The maximum atomic E-state index is 10.1. The molecule has 0 spiro atoms. The summed E-state index contributed by atoms with van der Waals surface area (Å²) in [5.74, 6) is 0. The van der Waals surface area contributed by atoms with E-state index in [1.807, 2.05) is 72.9 Å². The molecule has 2 aromatic heterocycles. The van der Waals surface area contributed by atoms with Gasteiger partial charge in [0.25, 0.3) is 0 Å². The van der Waals surface area contributed by atoms with Crippen LogP contribution in [-0.2, 0) is 0 Å². The predicted octanol–water partition coefficient (Wildman–Crippen LogP) is 8.87. The Bertz CT molecular complexity index is 2130. The van der Waals surface area contributed by atoms with Gasteiger partial charge in [-0.2, -0.15) is 10.5 Å². The first-order chi connectivity index (χ1) is 20.6. The molecule has 0 saturated carbocycles. The van der Waals surface area contributed by atoms with E-state index in [1.165, 1.54) is 0 Å². The normalized spacial score (nSPS) is 11.5. The van der Waals surface area contributed by atoms with Gasteiger partial charge in [0, 0.05) is 40.6 Å². The number of aromatic nitrogens is 2. The second-order valence-corrected chi connectivity index (χ2v) is 9.99. The van der Waals surface area contributed by atoms with Gasteiger partial charge < -0.3 is 4.57 Å². The maximum Gasteiger partial charge on any atom is 0.0992 e. The fraction of sp³-hybridized carbons (Fsp3) is 0.0270. The fourth-order valence-electron chi connectivity index (χ4n) is 5.36. The molecule has 0 atom stereocenters. The lowest BCUT2D eigenvalue weighted by molar-refractivity contribution is 1.18. The zero-order valence-electron chi connectivity index (χ0n) is 23.0. The van der Waals surface area contributed by atoms with E-state index in [0.717, 1.165) is 60.9 Å². The molecule has 0 bridgehead atoms. The van der Waals surface area contributed by atoms with Gasteiger partial charge >= 0.3 is 0 Å². The van der Waals surface area contributed by atoms with E-state index in [-0.39, 0.29) is 0 Å². The van der Waals surface area contributed by atoms with Crippen molar-refractivity contribution in [2.24, 2.45) is 4.99 Å². The summed E-state index contributed by atoms with van der Waals surface area (Å²) in [4.78, 5) is 8.14. The van der Waals surface area contributed by atoms with Crippen molar-refractivity contribution in [2.45, 2.75) is 6.92 Å². The molecule has 42 heavy (non-hydrogen) atoms. The van der Waals surface area contributed by atoms with E-state index >= 15 is 0 Å². The first-order valence-electron chi connectivity index (χ1n) is 13.4. The minimum Gasteiger partial charge on any atom is -0.309 e. The molecule has 6 aromatic rings. The number of nitrogens with zero attached hydrogens (tertiary/aromatic N) is 5. The number of nitriles is 2. The smallest absolute Gasteiger partial charge is 0.0992 e. The molecular weight excluding hydrogens is 514 g/mol. The van der Waals surface area contributed by atoms with Gasteiger partial charge in [-0.3, -0.25) is 9.98 Å². The summed E-state index contributed by atoms with van der Waals surface area (Å²) in [6.45, 7) is 5.57. The van der Waals surface area contributed by atoms with Crippen LogP contribution >= 0.6 is 0 Å². The lowest BCUT2D eigenvalue weighted by Gasteiger charge is -2.14. The SMILES string of the molecule is C=N/C=C\C=C(/C)c1cc(-c2cccnc2)cc(-c2cc(C#N)cc(-n3c4ccccc4c4cc(C#N)ccc43)c2)c1. The van der Waals surface area contributed by atoms with Gasteiger partial charge in [-0.25, -0.2) is 0 Å². The quantitative estimate of drug-likeness (QED) is 0.157. The van der Waals surface area contributed by atoms with Crippen molar-refractivity contribution in [3.63, 3.8) is 0 Å². The van der Waals surface area contributed by atoms with Crippen molar-refractivity contribution in [2.75, 3.05) is 0 Å². The lowest BCUT2D eigenvalue weighted by Crippen LogP contribution is -1.96. The molecule has 198 valence electrons. The number of aliphatic imine (C=N–C) groups is 1. The predicted molar refractivity (Wildman–Crippen MR) is 171 cm³/mol. The van der Waals surface area contributed by atoms with Crippen LogP contribution in [0.25, 0.3) is 55.3 Å². The number of pyridine rings is 1. The van der Waals surface area contributed by atoms with Gasteiger partial charge in [0.2, 0.25) is 0 Å². The van der Waals surface area contributed by atoms with Crippen molar-refractivity contribution in [1.82, 2.24) is 9.55 Å². The Balaban J connectivity index is 1.60. The van der Waals surface area contributed by atoms with E-state index in [1.54, 1.807) is 12.4 Å². The summed E-state index contributed by atoms with van der Waals surface area (Å²) in [5.41, 5.74) is 10.1. The van der Waals surface area contributed by atoms with Crippen molar-refractivity contribution in [1.29, 1.82) is 10.5 Å². The topological polar surface area (TPSA) is 77.8 Å². The summed E-state index contributed by atoms with van der Waals surface area (Å²) in [6.07, 6.45) is 9.15. The molecule has 0 aliphatic rings. The largest absolute Gasteiger partial charge is 0.309 e. The summed E-state index contributed by atoms with van der Waals surface area (Å²) in [6, 6.07) is 34.9. The Labute approximate surface area is 244 Å². The van der Waals surface area contributed by atoms with Crippen LogP contribution in [0.15, 0.2) is 127 Å². The van der Waals surface area contributed by atoms with Crippen LogP contribution in [0.1, 0.15) is 23.6 Å². The Morgan fingerprint density at radius 1 is 0.786 bits per heavy atom. The van der Waals surface area contributed by atoms with Gasteiger partial charge in [-0.15, -0.1) is 0 Å². The molecule has 2 heterocycles. The maximum absolute atomic E-state index is 10.1. The molecule has 6 rings (SSSR count). The third-order valence-corrected chi connectivity index (χ3v) is 7.36. The second kappa shape index (κ2) is 11.2. The van der Waals surface area contributed by atoms with Crippen LogP contribution in [0.3, 0.4) is 0 Å². The third-order valence-electron chi connectivity index (χ3n) is 7.36. The summed E-state index contributed by atoms with van der Waals surface area (Å²) >= 11 is 0. The first kappa shape index (κ1) is 26.2. The minimum atomic E-state index is 0.558. The molecule has 0 fully saturated rings. The second-order valence-electron chi connectivity index (χ2n) is 9.99. The Hall–Kier alpha value is -6.04. The highest BCUT2D eigenvalue weighted by Crippen LogP contribution is 2.36. The molecule has 5 heteroatoms. The Morgan fingerprint density at radius 2 is 1.55 bits per heavy atom. The highest BCUT2D eigenvalue weighted by molar-refractivity contribution is 6.09. The van der Waals surface area contributed by atoms with Crippen molar-refractivity contribution in [3.8, 4) is 40.1 Å². The van der Waals surface area contributed by atoms with Gasteiger partial charge in [0.05, 0.1) is 34.3 Å². The number of fused-ring (bicyclic) bond motifs is 3. The van der Waals surface area contributed by atoms with Crippen LogP contribution in [0.5, 0.6) is 0 Å². The van der Waals surface area contributed by atoms with E-state index in [0.29, 0.717) is 11.1 Å². The first-order valence-corrected chi connectivity index (χ1v) is 13.4. The highest BCUT2D eigenvalue weighted by Gasteiger charge is 2.15. The molecule has 0 radical (unpaired) electrons. The van der Waals surface area contributed by atoms with Crippen molar-refractivity contribution >= 4 is 34.1 Å². The molecule has 0 N–H and O–H groups in total. The van der Waals surface area contributed by atoms with Gasteiger partial charge in [-0.05, 0) is 114 Å². The van der Waals surface area contributed by atoms with Crippen LogP contribution in [0.2, 0.25) is 0 Å². The molecule has 0 unspecified atom stereocenters. The highest BCUT2D eigenvalue weighted by atomic mass is 15.0. The number of para-hydroxylation sites is 1. The van der Waals surface area contributed by atoms with Crippen LogP contribution in [-0.4, -0.2) is 16.3 Å². The third kappa shape index (κ3) is 4.88. The standard InChI is InChI=1S/C37H25N5/c1-25(7-5-13-40-2)29-18-31(28-8-6-14-41-24-28)20-32(19-29)30-15-27(23-39)16-33(21-30)42-36-10-4-3-9-34(36)35-17-26(22-38)11-12-37(35)42/h3-21,24H,2H2,1H3/b13-5-,25-7+. The van der Waals surface area contributed by atoms with Crippen LogP contribution < -0.4 is 0 Å². The zero-order chi connectivity index (χ0) is 29.1. The zero-order valence-corrected chi connectivity index (χ0v) is 23.0. The average Bonchev–Trinajstić information content (AvgIpc) is 3.38. The Morgan fingerprint density at radius 3 is 2.31 bits per heavy atom. The number of rotatable bonds is 6. The number of benzene rings is 4. The van der Waals surface area contributed by atoms with Crippen molar-refractivity contribution in [3.05, 3.63) is 138 Å². The van der Waals surface area contributed by atoms with Crippen molar-refractivity contribution < 1.29 is 0 Å². The van der Waals surface area contributed by atoms with Gasteiger partial charge in [0.15, 0.2) is 0 Å². The van der Waals surface area contributed by atoms with E-state index in [4.69, 9.17) is 0 Å². The number of hydrogen-bond donors (Lipinski definition) is 0.